The van der Waals surface area contributed by atoms with Crippen LogP contribution in [0, 0.1) is 12.3 Å². The number of carbonyl (C=O) groups excluding carboxylic acids is 4. The first-order chi connectivity index (χ1) is 20.2. The fourth-order valence-corrected chi connectivity index (χ4v) is 5.51. The number of aliphatic hydroxyl groups is 1. The van der Waals surface area contributed by atoms with Crippen LogP contribution in [0.3, 0.4) is 0 Å². The second-order valence-corrected chi connectivity index (χ2v) is 12.3. The van der Waals surface area contributed by atoms with Crippen LogP contribution in [0.1, 0.15) is 51.4 Å². The van der Waals surface area contributed by atoms with E-state index in [-0.39, 0.29) is 19.6 Å². The van der Waals surface area contributed by atoms with E-state index in [0.717, 1.165) is 16.1 Å². The molecular formula is C29H38N4O9S. The molecule has 0 radical (unpaired) electrons. The number of esters is 1. The van der Waals surface area contributed by atoms with Gasteiger partial charge in [0, 0.05) is 19.9 Å². The third-order valence-corrected chi connectivity index (χ3v) is 7.80. The highest BCUT2D eigenvalue weighted by molar-refractivity contribution is 7.13. The van der Waals surface area contributed by atoms with Gasteiger partial charge in [-0.05, 0) is 23.5 Å². The van der Waals surface area contributed by atoms with Crippen molar-refractivity contribution in [1.82, 2.24) is 20.5 Å². The summed E-state index contributed by atoms with van der Waals surface area (Å²) in [6.07, 6.45) is -0.976. The number of amides is 3. The van der Waals surface area contributed by atoms with E-state index in [1.807, 2.05) is 19.1 Å². The predicted molar refractivity (Wildman–Crippen MR) is 156 cm³/mol. The summed E-state index contributed by atoms with van der Waals surface area (Å²) in [7, 11) is 0. The Hall–Kier alpha value is -3.88. The van der Waals surface area contributed by atoms with E-state index in [1.165, 1.54) is 23.2 Å². The molecule has 0 spiro atoms. The number of aromatic nitrogens is 1. The Morgan fingerprint density at radius 3 is 2.35 bits per heavy atom. The molecule has 4 N–H and O–H groups in total. The number of aryl methyl sites for hydroxylation is 1. The molecule has 1 saturated heterocycles. The van der Waals surface area contributed by atoms with Crippen LogP contribution < -0.4 is 10.6 Å². The first-order valence-electron chi connectivity index (χ1n) is 13.7. The molecule has 2 aromatic rings. The van der Waals surface area contributed by atoms with Crippen LogP contribution in [0.25, 0.3) is 10.4 Å². The van der Waals surface area contributed by atoms with Crippen LogP contribution in [0.4, 0.5) is 0 Å². The largest absolute Gasteiger partial charge is 0.480 e. The van der Waals surface area contributed by atoms with Gasteiger partial charge in [-0.3, -0.25) is 14.4 Å². The van der Waals surface area contributed by atoms with Crippen molar-refractivity contribution >= 4 is 41.0 Å². The molecule has 1 aromatic carbocycles. The zero-order valence-corrected chi connectivity index (χ0v) is 25.6. The minimum atomic E-state index is -1.24. The molecular weight excluding hydrogens is 580 g/mol. The molecule has 13 nitrogen and oxygen atoms in total. The Morgan fingerprint density at radius 1 is 1.12 bits per heavy atom. The summed E-state index contributed by atoms with van der Waals surface area (Å²) in [5.41, 5.74) is 3.45. The number of nitrogens with zero attached hydrogens (tertiary/aromatic N) is 2. The molecule has 4 atom stereocenters. The number of nitrogens with one attached hydrogen (secondary N) is 2. The van der Waals surface area contributed by atoms with E-state index in [1.54, 1.807) is 38.4 Å². The molecule has 3 rings (SSSR count). The Morgan fingerprint density at radius 2 is 1.79 bits per heavy atom. The number of aliphatic carboxylic acids is 1. The van der Waals surface area contributed by atoms with Crippen molar-refractivity contribution in [3.8, 4) is 10.4 Å². The van der Waals surface area contributed by atoms with Gasteiger partial charge in [-0.1, -0.05) is 45.0 Å². The number of β-amino-alcohol motifs (C(OH)–C–C–N with tert-alkyl or cyclic N) is 1. The molecule has 2 heterocycles. The maximum atomic E-state index is 13.6. The average Bonchev–Trinajstić information content (AvgIpc) is 3.53. The Kier molecular flexibility index (Phi) is 11.4. The zero-order valence-electron chi connectivity index (χ0n) is 24.8. The molecule has 0 unspecified atom stereocenters. The van der Waals surface area contributed by atoms with Crippen LogP contribution in [0.15, 0.2) is 29.8 Å². The molecule has 1 aliphatic heterocycles. The van der Waals surface area contributed by atoms with Crippen LogP contribution in [-0.4, -0.2) is 94.3 Å². The molecule has 1 aromatic heterocycles. The molecule has 1 fully saturated rings. The number of hydrogen-bond donors (Lipinski definition) is 4. The van der Waals surface area contributed by atoms with E-state index < -0.39 is 72.5 Å². The van der Waals surface area contributed by atoms with Crippen LogP contribution in [0.2, 0.25) is 0 Å². The Bertz CT molecular complexity index is 1320. The van der Waals surface area contributed by atoms with Gasteiger partial charge in [0.2, 0.25) is 17.7 Å². The topological polar surface area (TPSA) is 184 Å². The number of aliphatic hydroxyl groups excluding tert-OH is 1. The van der Waals surface area contributed by atoms with Gasteiger partial charge in [0.05, 0.1) is 28.2 Å². The number of rotatable bonds is 12. The second kappa shape index (κ2) is 14.5. The lowest BCUT2D eigenvalue weighted by Gasteiger charge is -2.35. The fraction of sp³-hybridized carbons (Fsp3) is 0.517. The number of ether oxygens (including phenoxy) is 2. The minimum Gasteiger partial charge on any atom is -0.480 e. The van der Waals surface area contributed by atoms with Gasteiger partial charge in [-0.15, -0.1) is 11.3 Å². The molecule has 14 heteroatoms. The average molecular weight is 619 g/mol. The van der Waals surface area contributed by atoms with Gasteiger partial charge in [0.1, 0.15) is 31.9 Å². The summed E-state index contributed by atoms with van der Waals surface area (Å²) >= 11 is 1.49. The summed E-state index contributed by atoms with van der Waals surface area (Å²) in [6.45, 7) is 6.90. The molecule has 0 aliphatic carbocycles. The van der Waals surface area contributed by atoms with Gasteiger partial charge >= 0.3 is 11.9 Å². The van der Waals surface area contributed by atoms with E-state index in [9.17, 15) is 29.1 Å². The van der Waals surface area contributed by atoms with E-state index in [4.69, 9.17) is 14.6 Å². The zero-order chi connectivity index (χ0) is 31.9. The summed E-state index contributed by atoms with van der Waals surface area (Å²) < 4.78 is 10.1. The molecule has 3 amide bonds. The maximum absolute atomic E-state index is 13.6. The lowest BCUT2D eigenvalue weighted by molar-refractivity contribution is -0.153. The minimum absolute atomic E-state index is 0.0202. The number of carbonyl (C=O) groups is 5. The normalized spacial score (nSPS) is 18.0. The summed E-state index contributed by atoms with van der Waals surface area (Å²) in [5, 5.41) is 24.6. The number of likely N-dealkylation sites (tertiary alicyclic amines) is 1. The van der Waals surface area contributed by atoms with Gasteiger partial charge in [0.25, 0.3) is 0 Å². The number of hydrogen-bond acceptors (Lipinski definition) is 10. The van der Waals surface area contributed by atoms with Crippen molar-refractivity contribution in [1.29, 1.82) is 0 Å². The quantitative estimate of drug-likeness (QED) is 0.254. The van der Waals surface area contributed by atoms with E-state index in [2.05, 4.69) is 15.6 Å². The number of carboxylic acids is 1. The first-order valence-corrected chi connectivity index (χ1v) is 14.6. The number of benzene rings is 1. The molecule has 43 heavy (non-hydrogen) atoms. The van der Waals surface area contributed by atoms with Crippen LogP contribution in [-0.2, 0) is 33.4 Å². The monoisotopic (exact) mass is 618 g/mol. The maximum Gasteiger partial charge on any atom is 0.332 e. The Labute approximate surface area is 253 Å². The van der Waals surface area contributed by atoms with Crippen molar-refractivity contribution in [2.75, 3.05) is 26.4 Å². The van der Waals surface area contributed by atoms with Gasteiger partial charge in [0.15, 0.2) is 0 Å². The molecule has 0 saturated carbocycles. The highest BCUT2D eigenvalue weighted by atomic mass is 32.1. The molecule has 234 valence electrons. The Balaban J connectivity index is 1.82. The van der Waals surface area contributed by atoms with Crippen molar-refractivity contribution in [2.45, 2.75) is 65.3 Å². The van der Waals surface area contributed by atoms with Gasteiger partial charge in [-0.25, -0.2) is 14.6 Å². The third kappa shape index (κ3) is 9.30. The van der Waals surface area contributed by atoms with Gasteiger partial charge < -0.3 is 35.2 Å². The highest BCUT2D eigenvalue weighted by Crippen LogP contribution is 2.29. The highest BCUT2D eigenvalue weighted by Gasteiger charge is 2.44. The SMILES string of the molecule is CC(=O)N[C@H](C(=O)N1C[C@H](O)C[C@H]1C(=O)N[C@@H](COC(=O)COCC(=O)O)c1ccc(-c2scnc2C)cc1)C(C)(C)C. The molecule has 1 aliphatic rings. The van der Waals surface area contributed by atoms with Crippen LogP contribution >= 0.6 is 11.3 Å². The van der Waals surface area contributed by atoms with E-state index in [0.29, 0.717) is 5.56 Å². The summed E-state index contributed by atoms with van der Waals surface area (Å²) in [6, 6.07) is 4.41. The standard InChI is InChI=1S/C29H38N4O9S/c1-16-25(43-15-30-16)19-8-6-18(7-9-19)21(12-42-24(38)14-41-13-23(36)37)32-27(39)22-10-20(35)11-33(22)28(40)26(29(3,4)5)31-17(2)34/h6-9,15,20-22,26,35H,10-14H2,1-5H3,(H,31,34)(H,32,39)(H,36,37)/t20-,21+,22+,26-/m1/s1. The second-order valence-electron chi connectivity index (χ2n) is 11.4. The smallest absolute Gasteiger partial charge is 0.332 e. The fourth-order valence-electron chi connectivity index (χ4n) is 4.70. The molecule has 0 bridgehead atoms. The summed E-state index contributed by atoms with van der Waals surface area (Å²) in [5.74, 6) is -3.54. The lowest BCUT2D eigenvalue weighted by atomic mass is 9.85. The lowest BCUT2D eigenvalue weighted by Crippen LogP contribution is -2.57. The number of thiazole rings is 1. The number of carboxylic acid groups (broad SMARTS) is 1. The van der Waals surface area contributed by atoms with Crippen molar-refractivity contribution in [3.05, 3.63) is 41.0 Å². The van der Waals surface area contributed by atoms with Crippen molar-refractivity contribution < 1.29 is 43.7 Å². The van der Waals surface area contributed by atoms with Crippen LogP contribution in [0.5, 0.6) is 0 Å². The summed E-state index contributed by atoms with van der Waals surface area (Å²) in [4.78, 5) is 68.5. The van der Waals surface area contributed by atoms with Crippen molar-refractivity contribution in [3.63, 3.8) is 0 Å². The predicted octanol–water partition coefficient (Wildman–Crippen LogP) is 1.43. The first kappa shape index (κ1) is 33.6. The van der Waals surface area contributed by atoms with E-state index >= 15 is 0 Å². The third-order valence-electron chi connectivity index (χ3n) is 6.82. The van der Waals surface area contributed by atoms with Crippen molar-refractivity contribution in [2.24, 2.45) is 5.41 Å². The van der Waals surface area contributed by atoms with Gasteiger partial charge in [-0.2, -0.15) is 0 Å².